The maximum Gasteiger partial charge on any atom is 0.389 e. The fraction of sp³-hybridized carbons (Fsp3) is 1.00. The van der Waals surface area contributed by atoms with Crippen molar-refractivity contribution in [2.75, 3.05) is 39.3 Å². The Morgan fingerprint density at radius 1 is 1.17 bits per heavy atom. The predicted molar refractivity (Wildman–Crippen MR) is 66.7 cm³/mol. The molecule has 2 N–H and O–H groups in total. The molecule has 1 rings (SSSR count). The van der Waals surface area contributed by atoms with Crippen LogP contribution in [-0.4, -0.2) is 55.9 Å². The summed E-state index contributed by atoms with van der Waals surface area (Å²) >= 11 is 0. The molecule has 0 aromatic carbocycles. The highest BCUT2D eigenvalue weighted by Gasteiger charge is 2.28. The van der Waals surface area contributed by atoms with Gasteiger partial charge in [0.1, 0.15) is 0 Å². The lowest BCUT2D eigenvalue weighted by Crippen LogP contribution is -2.57. The Morgan fingerprint density at radius 3 is 2.33 bits per heavy atom. The van der Waals surface area contributed by atoms with Gasteiger partial charge in [0.25, 0.3) is 0 Å². The van der Waals surface area contributed by atoms with E-state index >= 15 is 0 Å². The minimum atomic E-state index is -4.03. The van der Waals surface area contributed by atoms with Crippen LogP contribution < -0.4 is 10.6 Å². The summed E-state index contributed by atoms with van der Waals surface area (Å²) in [7, 11) is 0. The van der Waals surface area contributed by atoms with Crippen molar-refractivity contribution in [3.63, 3.8) is 0 Å². The van der Waals surface area contributed by atoms with Gasteiger partial charge in [0.05, 0.1) is 0 Å². The van der Waals surface area contributed by atoms with E-state index in [9.17, 15) is 13.2 Å². The van der Waals surface area contributed by atoms with Gasteiger partial charge in [-0.25, -0.2) is 0 Å². The molecule has 1 saturated heterocycles. The minimum Gasteiger partial charge on any atom is -0.315 e. The van der Waals surface area contributed by atoms with Gasteiger partial charge in [-0.2, -0.15) is 13.2 Å². The van der Waals surface area contributed by atoms with Crippen molar-refractivity contribution in [1.82, 2.24) is 15.5 Å². The van der Waals surface area contributed by atoms with Gasteiger partial charge in [0.2, 0.25) is 0 Å². The van der Waals surface area contributed by atoms with E-state index in [1.54, 1.807) is 0 Å². The lowest BCUT2D eigenvalue weighted by Gasteiger charge is -2.41. The molecule has 1 aliphatic heterocycles. The minimum absolute atomic E-state index is 0.000330. The summed E-state index contributed by atoms with van der Waals surface area (Å²) < 4.78 is 35.9. The molecular formula is C12H24F3N3. The first-order valence-electron chi connectivity index (χ1n) is 6.54. The molecule has 0 amide bonds. The van der Waals surface area contributed by atoms with E-state index in [-0.39, 0.29) is 12.0 Å². The van der Waals surface area contributed by atoms with Gasteiger partial charge in [0, 0.05) is 44.7 Å². The Morgan fingerprint density at radius 2 is 1.78 bits per heavy atom. The second-order valence-corrected chi connectivity index (χ2v) is 5.44. The highest BCUT2D eigenvalue weighted by molar-refractivity contribution is 4.86. The van der Waals surface area contributed by atoms with Crippen LogP contribution in [0.2, 0.25) is 0 Å². The van der Waals surface area contributed by atoms with E-state index in [2.05, 4.69) is 29.4 Å². The van der Waals surface area contributed by atoms with Crippen molar-refractivity contribution in [3.8, 4) is 0 Å². The largest absolute Gasteiger partial charge is 0.389 e. The number of nitrogens with zero attached hydrogens (tertiary/aromatic N) is 1. The number of hydrogen-bond donors (Lipinski definition) is 2. The van der Waals surface area contributed by atoms with Gasteiger partial charge in [0.15, 0.2) is 0 Å². The number of hydrogen-bond acceptors (Lipinski definition) is 3. The smallest absolute Gasteiger partial charge is 0.315 e. The van der Waals surface area contributed by atoms with Crippen molar-refractivity contribution in [2.24, 2.45) is 0 Å². The first-order valence-corrected chi connectivity index (χ1v) is 6.54. The van der Waals surface area contributed by atoms with E-state index in [4.69, 9.17) is 0 Å². The Labute approximate surface area is 107 Å². The first-order chi connectivity index (χ1) is 8.31. The van der Waals surface area contributed by atoms with Gasteiger partial charge in [-0.1, -0.05) is 0 Å². The van der Waals surface area contributed by atoms with Gasteiger partial charge in [-0.3, -0.25) is 4.90 Å². The first kappa shape index (κ1) is 15.7. The van der Waals surface area contributed by atoms with Crippen molar-refractivity contribution in [3.05, 3.63) is 0 Å². The summed E-state index contributed by atoms with van der Waals surface area (Å²) in [5.41, 5.74) is 0.000330. The van der Waals surface area contributed by atoms with Crippen molar-refractivity contribution >= 4 is 0 Å². The molecule has 0 atom stereocenters. The van der Waals surface area contributed by atoms with Crippen LogP contribution in [0.25, 0.3) is 0 Å². The van der Waals surface area contributed by atoms with Gasteiger partial charge < -0.3 is 10.6 Å². The second-order valence-electron chi connectivity index (χ2n) is 5.44. The Bertz CT molecular complexity index is 235. The van der Waals surface area contributed by atoms with E-state index in [0.717, 1.165) is 32.7 Å². The van der Waals surface area contributed by atoms with Crippen LogP contribution in [-0.2, 0) is 0 Å². The molecule has 0 aromatic heterocycles. The molecule has 0 saturated carbocycles. The molecule has 3 nitrogen and oxygen atoms in total. The number of nitrogens with one attached hydrogen (secondary N) is 2. The van der Waals surface area contributed by atoms with Crippen LogP contribution in [0.5, 0.6) is 0 Å². The molecule has 18 heavy (non-hydrogen) atoms. The standard InChI is InChI=1S/C12H24F3N3/c1-11(2,18-8-6-16-7-9-18)10-17-5-3-4-12(13,14)15/h16-17H,3-10H2,1-2H3. The molecule has 0 bridgehead atoms. The molecule has 6 heteroatoms. The SMILES string of the molecule is CC(C)(CNCCCC(F)(F)F)N1CCNCC1. The maximum atomic E-state index is 12.0. The molecule has 0 unspecified atom stereocenters. The number of halogens is 3. The maximum absolute atomic E-state index is 12.0. The molecule has 1 fully saturated rings. The lowest BCUT2D eigenvalue weighted by atomic mass is 10.0. The normalized spacial score (nSPS) is 19.2. The highest BCUT2D eigenvalue weighted by Crippen LogP contribution is 2.20. The number of piperazine rings is 1. The second kappa shape index (κ2) is 6.73. The molecule has 0 radical (unpaired) electrons. The summed E-state index contributed by atoms with van der Waals surface area (Å²) in [6.45, 7) is 9.38. The zero-order valence-corrected chi connectivity index (χ0v) is 11.2. The summed E-state index contributed by atoms with van der Waals surface area (Å²) in [6.07, 6.45) is -4.58. The zero-order chi connectivity index (χ0) is 13.6. The Balaban J connectivity index is 2.16. The van der Waals surface area contributed by atoms with Crippen LogP contribution in [0.4, 0.5) is 13.2 Å². The fourth-order valence-electron chi connectivity index (χ4n) is 2.19. The third kappa shape index (κ3) is 6.02. The van der Waals surface area contributed by atoms with Crippen LogP contribution in [0.1, 0.15) is 26.7 Å². The summed E-state index contributed by atoms with van der Waals surface area (Å²) in [5.74, 6) is 0. The van der Waals surface area contributed by atoms with Crippen molar-refractivity contribution in [2.45, 2.75) is 38.4 Å². The molecular weight excluding hydrogens is 243 g/mol. The Kier molecular flexibility index (Phi) is 5.88. The number of alkyl halides is 3. The van der Waals surface area contributed by atoms with Gasteiger partial charge in [-0.05, 0) is 26.8 Å². The van der Waals surface area contributed by atoms with Crippen molar-refractivity contribution < 1.29 is 13.2 Å². The van der Waals surface area contributed by atoms with Crippen molar-refractivity contribution in [1.29, 1.82) is 0 Å². The lowest BCUT2D eigenvalue weighted by molar-refractivity contribution is -0.135. The van der Waals surface area contributed by atoms with E-state index in [1.807, 2.05) is 0 Å². The third-order valence-electron chi connectivity index (χ3n) is 3.34. The van der Waals surface area contributed by atoms with Crippen LogP contribution in [0, 0.1) is 0 Å². The summed E-state index contributed by atoms with van der Waals surface area (Å²) in [6, 6.07) is 0. The van der Waals surface area contributed by atoms with Gasteiger partial charge in [-0.15, -0.1) is 0 Å². The molecule has 0 aromatic rings. The zero-order valence-electron chi connectivity index (χ0n) is 11.2. The molecule has 0 aliphatic carbocycles. The molecule has 0 spiro atoms. The quantitative estimate of drug-likeness (QED) is 0.716. The van der Waals surface area contributed by atoms with E-state index in [1.165, 1.54) is 0 Å². The monoisotopic (exact) mass is 267 g/mol. The average Bonchev–Trinajstić information content (AvgIpc) is 2.28. The molecule has 108 valence electrons. The Hall–Kier alpha value is -0.330. The van der Waals surface area contributed by atoms with Crippen LogP contribution >= 0.6 is 0 Å². The summed E-state index contributed by atoms with van der Waals surface area (Å²) in [4.78, 5) is 2.38. The highest BCUT2D eigenvalue weighted by atomic mass is 19.4. The fourth-order valence-corrected chi connectivity index (χ4v) is 2.19. The van der Waals surface area contributed by atoms with Gasteiger partial charge >= 0.3 is 6.18 Å². The molecule has 1 heterocycles. The van der Waals surface area contributed by atoms with Crippen LogP contribution in [0.3, 0.4) is 0 Å². The molecule has 1 aliphatic rings. The topological polar surface area (TPSA) is 27.3 Å². The number of rotatable bonds is 6. The van der Waals surface area contributed by atoms with E-state index in [0.29, 0.717) is 6.54 Å². The average molecular weight is 267 g/mol. The predicted octanol–water partition coefficient (Wildman–Crippen LogP) is 1.60. The third-order valence-corrected chi connectivity index (χ3v) is 3.34. The summed E-state index contributed by atoms with van der Waals surface area (Å²) in [5, 5.41) is 6.43. The van der Waals surface area contributed by atoms with E-state index < -0.39 is 12.6 Å². The van der Waals surface area contributed by atoms with Crippen LogP contribution in [0.15, 0.2) is 0 Å².